The van der Waals surface area contributed by atoms with Crippen LogP contribution in [-0.4, -0.2) is 9.55 Å². The number of para-hydroxylation sites is 1. The second-order valence-electron chi connectivity index (χ2n) is 4.85. The maximum Gasteiger partial charge on any atom is 0.261 e. The maximum atomic E-state index is 12.5. The first-order valence-corrected chi connectivity index (χ1v) is 7.21. The molecule has 0 spiro atoms. The molecule has 0 unspecified atom stereocenters. The van der Waals surface area contributed by atoms with Gasteiger partial charge in [0.25, 0.3) is 5.56 Å². The molecule has 0 atom stereocenters. The van der Waals surface area contributed by atoms with Gasteiger partial charge in [-0.1, -0.05) is 41.4 Å². The molecule has 0 aliphatic carbocycles. The number of fused-ring (bicyclic) bond motifs is 1. The van der Waals surface area contributed by atoms with Crippen LogP contribution < -0.4 is 5.56 Å². The van der Waals surface area contributed by atoms with E-state index in [-0.39, 0.29) is 5.56 Å². The zero-order valence-electron chi connectivity index (χ0n) is 11.3. The van der Waals surface area contributed by atoms with E-state index in [2.05, 4.69) is 4.98 Å². The minimum atomic E-state index is -0.0975. The minimum absolute atomic E-state index is 0.0975. The monoisotopic (exact) mass is 318 g/mol. The number of rotatable bonds is 2. The van der Waals surface area contributed by atoms with Crippen molar-refractivity contribution in [1.82, 2.24) is 9.55 Å². The number of aromatic nitrogens is 2. The SMILES string of the molecule is Cc1cccc2c(=O)n(Cc3c(Cl)cccc3Cl)cnc12. The average molecular weight is 319 g/mol. The van der Waals surface area contributed by atoms with Gasteiger partial charge in [-0.05, 0) is 30.7 Å². The molecule has 0 aliphatic rings. The lowest BCUT2D eigenvalue weighted by atomic mass is 10.1. The van der Waals surface area contributed by atoms with Crippen molar-refractivity contribution < 1.29 is 0 Å². The van der Waals surface area contributed by atoms with Gasteiger partial charge < -0.3 is 0 Å². The third-order valence-corrected chi connectivity index (χ3v) is 4.15. The normalized spacial score (nSPS) is 11.0. The van der Waals surface area contributed by atoms with Crippen molar-refractivity contribution in [3.05, 3.63) is 74.3 Å². The van der Waals surface area contributed by atoms with Gasteiger partial charge in [0.2, 0.25) is 0 Å². The maximum absolute atomic E-state index is 12.5. The Morgan fingerprint density at radius 1 is 1.10 bits per heavy atom. The average Bonchev–Trinajstić information content (AvgIpc) is 2.46. The van der Waals surface area contributed by atoms with E-state index in [1.807, 2.05) is 19.1 Å². The Labute approximate surface area is 131 Å². The zero-order chi connectivity index (χ0) is 15.0. The van der Waals surface area contributed by atoms with Gasteiger partial charge in [0, 0.05) is 15.6 Å². The number of benzene rings is 2. The number of nitrogens with zero attached hydrogens (tertiary/aromatic N) is 2. The van der Waals surface area contributed by atoms with Gasteiger partial charge in [-0.2, -0.15) is 0 Å². The van der Waals surface area contributed by atoms with E-state index in [4.69, 9.17) is 23.2 Å². The van der Waals surface area contributed by atoms with E-state index < -0.39 is 0 Å². The van der Waals surface area contributed by atoms with E-state index >= 15 is 0 Å². The molecule has 2 aromatic carbocycles. The largest absolute Gasteiger partial charge is 0.294 e. The predicted molar refractivity (Wildman–Crippen MR) is 86.3 cm³/mol. The summed E-state index contributed by atoms with van der Waals surface area (Å²) in [5, 5.41) is 1.68. The third kappa shape index (κ3) is 2.55. The molecule has 0 radical (unpaired) electrons. The van der Waals surface area contributed by atoms with Crippen LogP contribution in [0.15, 0.2) is 47.5 Å². The van der Waals surface area contributed by atoms with Crippen molar-refractivity contribution >= 4 is 34.1 Å². The molecule has 0 N–H and O–H groups in total. The van der Waals surface area contributed by atoms with Crippen LogP contribution in [0.1, 0.15) is 11.1 Å². The number of hydrogen-bond donors (Lipinski definition) is 0. The first kappa shape index (κ1) is 14.1. The highest BCUT2D eigenvalue weighted by molar-refractivity contribution is 6.35. The molecule has 5 heteroatoms. The van der Waals surface area contributed by atoms with E-state index in [0.717, 1.165) is 16.6 Å². The minimum Gasteiger partial charge on any atom is -0.294 e. The van der Waals surface area contributed by atoms with Gasteiger partial charge in [-0.25, -0.2) is 4.98 Å². The molecular formula is C16H12Cl2N2O. The van der Waals surface area contributed by atoms with Crippen molar-refractivity contribution in [2.75, 3.05) is 0 Å². The standard InChI is InChI=1S/C16H12Cl2N2O/c1-10-4-2-5-11-15(10)19-9-20(16(11)21)8-12-13(17)6-3-7-14(12)18/h2-7,9H,8H2,1H3. The van der Waals surface area contributed by atoms with Gasteiger partial charge in [-0.15, -0.1) is 0 Å². The van der Waals surface area contributed by atoms with Gasteiger partial charge in [0.05, 0.1) is 23.8 Å². The van der Waals surface area contributed by atoms with Crippen molar-refractivity contribution in [3.63, 3.8) is 0 Å². The molecule has 3 nitrogen and oxygen atoms in total. The fraction of sp³-hybridized carbons (Fsp3) is 0.125. The molecule has 0 saturated carbocycles. The molecule has 0 aliphatic heterocycles. The van der Waals surface area contributed by atoms with Crippen LogP contribution in [-0.2, 0) is 6.54 Å². The molecule has 1 heterocycles. The zero-order valence-corrected chi connectivity index (χ0v) is 12.8. The Kier molecular flexibility index (Phi) is 3.70. The summed E-state index contributed by atoms with van der Waals surface area (Å²) in [6.07, 6.45) is 1.54. The van der Waals surface area contributed by atoms with Gasteiger partial charge >= 0.3 is 0 Å². The molecule has 0 fully saturated rings. The highest BCUT2D eigenvalue weighted by atomic mass is 35.5. The van der Waals surface area contributed by atoms with Crippen LogP contribution in [0.2, 0.25) is 10.0 Å². The summed E-state index contributed by atoms with van der Waals surface area (Å²) in [5.41, 5.74) is 2.33. The highest BCUT2D eigenvalue weighted by Gasteiger charge is 2.10. The summed E-state index contributed by atoms with van der Waals surface area (Å²) in [4.78, 5) is 16.9. The predicted octanol–water partition coefficient (Wildman–Crippen LogP) is 4.06. The van der Waals surface area contributed by atoms with E-state index in [0.29, 0.717) is 22.0 Å². The summed E-state index contributed by atoms with van der Waals surface area (Å²) < 4.78 is 1.52. The van der Waals surface area contributed by atoms with E-state index in [1.54, 1.807) is 24.3 Å². The van der Waals surface area contributed by atoms with Crippen molar-refractivity contribution in [2.24, 2.45) is 0 Å². The Morgan fingerprint density at radius 3 is 2.48 bits per heavy atom. The van der Waals surface area contributed by atoms with Gasteiger partial charge in [0.1, 0.15) is 0 Å². The molecular weight excluding hydrogens is 307 g/mol. The Balaban J connectivity index is 2.14. The third-order valence-electron chi connectivity index (χ3n) is 3.45. The topological polar surface area (TPSA) is 34.9 Å². The van der Waals surface area contributed by atoms with Crippen LogP contribution in [0, 0.1) is 6.92 Å². The Bertz CT molecular complexity index is 867. The van der Waals surface area contributed by atoms with E-state index in [1.165, 1.54) is 10.9 Å². The number of aryl methyl sites for hydroxylation is 1. The highest BCUT2D eigenvalue weighted by Crippen LogP contribution is 2.24. The Morgan fingerprint density at radius 2 is 1.76 bits per heavy atom. The molecule has 3 rings (SSSR count). The lowest BCUT2D eigenvalue weighted by molar-refractivity contribution is 0.748. The number of hydrogen-bond acceptors (Lipinski definition) is 2. The Hall–Kier alpha value is -1.84. The molecule has 106 valence electrons. The molecule has 0 saturated heterocycles. The molecule has 1 aromatic heterocycles. The van der Waals surface area contributed by atoms with Crippen LogP contribution in [0.25, 0.3) is 10.9 Å². The van der Waals surface area contributed by atoms with Crippen LogP contribution in [0.3, 0.4) is 0 Å². The first-order chi connectivity index (χ1) is 10.1. The molecule has 21 heavy (non-hydrogen) atoms. The summed E-state index contributed by atoms with van der Waals surface area (Å²) in [5.74, 6) is 0. The lowest BCUT2D eigenvalue weighted by Gasteiger charge is -2.10. The fourth-order valence-electron chi connectivity index (χ4n) is 2.30. The van der Waals surface area contributed by atoms with Crippen LogP contribution >= 0.6 is 23.2 Å². The van der Waals surface area contributed by atoms with Gasteiger partial charge in [0.15, 0.2) is 0 Å². The molecule has 3 aromatic rings. The van der Waals surface area contributed by atoms with Crippen LogP contribution in [0.5, 0.6) is 0 Å². The number of halogens is 2. The summed E-state index contributed by atoms with van der Waals surface area (Å²) in [7, 11) is 0. The van der Waals surface area contributed by atoms with Crippen LogP contribution in [0.4, 0.5) is 0 Å². The lowest BCUT2D eigenvalue weighted by Crippen LogP contribution is -2.21. The summed E-state index contributed by atoms with van der Waals surface area (Å²) in [6.45, 7) is 2.23. The second-order valence-corrected chi connectivity index (χ2v) is 5.66. The van der Waals surface area contributed by atoms with Crippen molar-refractivity contribution in [3.8, 4) is 0 Å². The second kappa shape index (κ2) is 5.51. The molecule has 0 amide bonds. The van der Waals surface area contributed by atoms with Crippen molar-refractivity contribution in [2.45, 2.75) is 13.5 Å². The summed E-state index contributed by atoms with van der Waals surface area (Å²) in [6, 6.07) is 10.9. The molecule has 0 bridgehead atoms. The van der Waals surface area contributed by atoms with Crippen molar-refractivity contribution in [1.29, 1.82) is 0 Å². The smallest absolute Gasteiger partial charge is 0.261 e. The van der Waals surface area contributed by atoms with E-state index in [9.17, 15) is 4.79 Å². The van der Waals surface area contributed by atoms with Gasteiger partial charge in [-0.3, -0.25) is 9.36 Å². The first-order valence-electron chi connectivity index (χ1n) is 6.45. The quantitative estimate of drug-likeness (QED) is 0.714. The summed E-state index contributed by atoms with van der Waals surface area (Å²) >= 11 is 12.3. The fourth-order valence-corrected chi connectivity index (χ4v) is 2.82.